The summed E-state index contributed by atoms with van der Waals surface area (Å²) in [6.45, 7) is 0. The molecular formula is C15H11ClFNO2. The van der Waals surface area contributed by atoms with Crippen LogP contribution in [0.4, 0.5) is 10.1 Å². The first-order chi connectivity index (χ1) is 9.52. The number of hydrogen-bond donors (Lipinski definition) is 2. The summed E-state index contributed by atoms with van der Waals surface area (Å²) in [5.41, 5.74) is -0.582. The normalized spacial score (nSPS) is 20.6. The highest BCUT2D eigenvalue weighted by Crippen LogP contribution is 2.38. The highest BCUT2D eigenvalue weighted by Gasteiger charge is 2.45. The van der Waals surface area contributed by atoms with Crippen LogP contribution in [0.3, 0.4) is 0 Å². The summed E-state index contributed by atoms with van der Waals surface area (Å²) >= 11 is 5.72. The van der Waals surface area contributed by atoms with E-state index >= 15 is 0 Å². The number of aliphatic hydroxyl groups is 1. The molecule has 0 aromatic heterocycles. The third kappa shape index (κ3) is 1.88. The van der Waals surface area contributed by atoms with Gasteiger partial charge in [-0.05, 0) is 17.7 Å². The van der Waals surface area contributed by atoms with Crippen LogP contribution in [0.1, 0.15) is 11.1 Å². The number of carbonyl (C=O) groups excluding carboxylic acids is 1. The molecule has 3 nitrogen and oxygen atoms in total. The Morgan fingerprint density at radius 1 is 1.20 bits per heavy atom. The second-order valence-corrected chi connectivity index (χ2v) is 5.16. The van der Waals surface area contributed by atoms with Crippen molar-refractivity contribution in [2.24, 2.45) is 0 Å². The predicted molar refractivity (Wildman–Crippen MR) is 74.1 cm³/mol. The molecule has 2 aromatic rings. The summed E-state index contributed by atoms with van der Waals surface area (Å²) in [5, 5.41) is 13.2. The van der Waals surface area contributed by atoms with Gasteiger partial charge in [0.05, 0.1) is 5.02 Å². The zero-order chi connectivity index (χ0) is 14.3. The van der Waals surface area contributed by atoms with Gasteiger partial charge in [-0.15, -0.1) is 0 Å². The van der Waals surface area contributed by atoms with Gasteiger partial charge in [0.2, 0.25) is 0 Å². The molecule has 5 heteroatoms. The van der Waals surface area contributed by atoms with E-state index in [-0.39, 0.29) is 17.0 Å². The molecule has 1 heterocycles. The molecule has 102 valence electrons. The summed E-state index contributed by atoms with van der Waals surface area (Å²) in [5.74, 6) is -1.17. The molecular weight excluding hydrogens is 281 g/mol. The van der Waals surface area contributed by atoms with Crippen LogP contribution < -0.4 is 5.32 Å². The lowest BCUT2D eigenvalue weighted by molar-refractivity contribution is -0.133. The fourth-order valence-corrected chi connectivity index (χ4v) is 2.63. The average Bonchev–Trinajstić information content (AvgIpc) is 2.68. The summed E-state index contributed by atoms with van der Waals surface area (Å²) in [6, 6.07) is 11.3. The molecule has 1 aliphatic rings. The Bertz CT molecular complexity index is 704. The zero-order valence-corrected chi connectivity index (χ0v) is 11.1. The van der Waals surface area contributed by atoms with Crippen molar-refractivity contribution in [3.05, 3.63) is 64.4 Å². The van der Waals surface area contributed by atoms with Crippen LogP contribution >= 0.6 is 11.6 Å². The third-order valence-corrected chi connectivity index (χ3v) is 3.77. The molecule has 1 unspecified atom stereocenters. The van der Waals surface area contributed by atoms with Gasteiger partial charge in [0, 0.05) is 17.7 Å². The molecule has 1 amide bonds. The maximum absolute atomic E-state index is 14.0. The van der Waals surface area contributed by atoms with Crippen molar-refractivity contribution in [3.63, 3.8) is 0 Å². The molecule has 0 saturated heterocycles. The van der Waals surface area contributed by atoms with Crippen LogP contribution in [0.2, 0.25) is 5.02 Å². The summed E-state index contributed by atoms with van der Waals surface area (Å²) < 4.78 is 14.0. The van der Waals surface area contributed by atoms with Crippen molar-refractivity contribution < 1.29 is 14.3 Å². The van der Waals surface area contributed by atoms with Crippen LogP contribution in [0.25, 0.3) is 0 Å². The van der Waals surface area contributed by atoms with Crippen molar-refractivity contribution in [2.75, 3.05) is 5.32 Å². The van der Waals surface area contributed by atoms with Crippen molar-refractivity contribution in [1.82, 2.24) is 0 Å². The molecule has 3 rings (SSSR count). The number of para-hydroxylation sites is 1. The second-order valence-electron chi connectivity index (χ2n) is 4.75. The van der Waals surface area contributed by atoms with Gasteiger partial charge in [-0.2, -0.15) is 0 Å². The van der Waals surface area contributed by atoms with E-state index in [4.69, 9.17) is 11.6 Å². The Balaban J connectivity index is 2.05. The Morgan fingerprint density at radius 2 is 1.95 bits per heavy atom. The molecule has 2 N–H and O–H groups in total. The van der Waals surface area contributed by atoms with Gasteiger partial charge < -0.3 is 10.4 Å². The Labute approximate surface area is 120 Å². The Hall–Kier alpha value is -1.91. The van der Waals surface area contributed by atoms with Crippen LogP contribution in [0, 0.1) is 5.82 Å². The topological polar surface area (TPSA) is 49.3 Å². The quantitative estimate of drug-likeness (QED) is 0.894. The van der Waals surface area contributed by atoms with Crippen LogP contribution in [-0.4, -0.2) is 11.0 Å². The fourth-order valence-electron chi connectivity index (χ4n) is 2.44. The van der Waals surface area contributed by atoms with Gasteiger partial charge in [0.15, 0.2) is 5.60 Å². The molecule has 1 aliphatic heterocycles. The number of carbonyl (C=O) groups is 1. The van der Waals surface area contributed by atoms with E-state index in [9.17, 15) is 14.3 Å². The van der Waals surface area contributed by atoms with Crippen molar-refractivity contribution in [1.29, 1.82) is 0 Å². The number of halogens is 2. The van der Waals surface area contributed by atoms with Gasteiger partial charge in [-0.3, -0.25) is 4.79 Å². The molecule has 2 aromatic carbocycles. The molecule has 0 aliphatic carbocycles. The maximum Gasteiger partial charge on any atom is 0.261 e. The lowest BCUT2D eigenvalue weighted by Crippen LogP contribution is -2.36. The average molecular weight is 292 g/mol. The van der Waals surface area contributed by atoms with E-state index in [0.717, 1.165) is 0 Å². The Morgan fingerprint density at radius 3 is 2.75 bits per heavy atom. The van der Waals surface area contributed by atoms with Crippen molar-refractivity contribution >= 4 is 23.2 Å². The highest BCUT2D eigenvalue weighted by molar-refractivity contribution is 6.30. The monoisotopic (exact) mass is 291 g/mol. The number of hydrogen-bond acceptors (Lipinski definition) is 2. The number of fused-ring (bicyclic) bond motifs is 1. The maximum atomic E-state index is 14.0. The minimum Gasteiger partial charge on any atom is -0.375 e. The Kier molecular flexibility index (Phi) is 3.00. The lowest BCUT2D eigenvalue weighted by atomic mass is 9.88. The van der Waals surface area contributed by atoms with Crippen molar-refractivity contribution in [2.45, 2.75) is 12.0 Å². The molecule has 20 heavy (non-hydrogen) atoms. The first-order valence-corrected chi connectivity index (χ1v) is 6.46. The summed E-state index contributed by atoms with van der Waals surface area (Å²) in [7, 11) is 0. The lowest BCUT2D eigenvalue weighted by Gasteiger charge is -2.21. The van der Waals surface area contributed by atoms with E-state index in [1.54, 1.807) is 30.3 Å². The van der Waals surface area contributed by atoms with Crippen LogP contribution in [0.15, 0.2) is 42.5 Å². The number of anilines is 1. The van der Waals surface area contributed by atoms with Crippen LogP contribution in [0.5, 0.6) is 0 Å². The number of amides is 1. The van der Waals surface area contributed by atoms with Gasteiger partial charge >= 0.3 is 0 Å². The van der Waals surface area contributed by atoms with E-state index < -0.39 is 17.3 Å². The van der Waals surface area contributed by atoms with Gasteiger partial charge in [0.1, 0.15) is 5.82 Å². The number of nitrogens with one attached hydrogen (secondary N) is 1. The van der Waals surface area contributed by atoms with E-state index in [0.29, 0.717) is 11.3 Å². The SMILES string of the molecule is O=C1Nc2ccccc2C1(O)Cc1cccc(Cl)c1F. The molecule has 0 saturated carbocycles. The highest BCUT2D eigenvalue weighted by atomic mass is 35.5. The van der Waals surface area contributed by atoms with Gasteiger partial charge in [-0.1, -0.05) is 41.9 Å². The molecule has 0 spiro atoms. The van der Waals surface area contributed by atoms with Gasteiger partial charge in [0.25, 0.3) is 5.91 Å². The molecule has 0 radical (unpaired) electrons. The number of rotatable bonds is 2. The minimum atomic E-state index is -1.78. The molecule has 0 bridgehead atoms. The van der Waals surface area contributed by atoms with Crippen LogP contribution in [-0.2, 0) is 16.8 Å². The van der Waals surface area contributed by atoms with E-state index in [2.05, 4.69) is 5.32 Å². The molecule has 1 atom stereocenters. The summed E-state index contributed by atoms with van der Waals surface area (Å²) in [6.07, 6.45) is -0.164. The third-order valence-electron chi connectivity index (χ3n) is 3.47. The minimum absolute atomic E-state index is 0.0298. The zero-order valence-electron chi connectivity index (χ0n) is 10.4. The molecule has 0 fully saturated rings. The largest absolute Gasteiger partial charge is 0.375 e. The number of benzene rings is 2. The summed E-state index contributed by atoms with van der Waals surface area (Å²) in [4.78, 5) is 12.0. The van der Waals surface area contributed by atoms with Crippen molar-refractivity contribution in [3.8, 4) is 0 Å². The second kappa shape index (κ2) is 4.58. The fraction of sp³-hybridized carbons (Fsp3) is 0.133. The first kappa shape index (κ1) is 13.1. The van der Waals surface area contributed by atoms with Gasteiger partial charge in [-0.25, -0.2) is 4.39 Å². The van der Waals surface area contributed by atoms with E-state index in [1.807, 2.05) is 0 Å². The first-order valence-electron chi connectivity index (χ1n) is 6.08. The predicted octanol–water partition coefficient (Wildman–Crippen LogP) is 2.86. The van der Waals surface area contributed by atoms with E-state index in [1.165, 1.54) is 12.1 Å². The standard InChI is InChI=1S/C15H11ClFNO2/c16-11-6-3-4-9(13(11)17)8-15(20)10-5-1-2-7-12(10)18-14(15)19/h1-7,20H,8H2,(H,18,19). The smallest absolute Gasteiger partial charge is 0.261 e.